The average molecular weight is 276 g/mol. The number of hydrogen-bond acceptors (Lipinski definition) is 3. The lowest BCUT2D eigenvalue weighted by Gasteiger charge is -2.32. The first-order chi connectivity index (χ1) is 9.69. The minimum Gasteiger partial charge on any atom is -0.371 e. The Morgan fingerprint density at radius 2 is 2.25 bits per heavy atom. The third-order valence-corrected chi connectivity index (χ3v) is 3.15. The van der Waals surface area contributed by atoms with Crippen molar-refractivity contribution < 1.29 is 13.9 Å². The van der Waals surface area contributed by atoms with Gasteiger partial charge in [-0.25, -0.2) is 4.39 Å². The highest BCUT2D eigenvalue weighted by Gasteiger charge is 2.23. The number of benzene rings is 1. The minimum absolute atomic E-state index is 0.0947. The molecule has 1 fully saturated rings. The van der Waals surface area contributed by atoms with Crippen molar-refractivity contribution in [3.8, 4) is 12.3 Å². The van der Waals surface area contributed by atoms with E-state index >= 15 is 0 Å². The Kier molecular flexibility index (Phi) is 5.10. The number of morpholine rings is 1. The number of halogens is 1. The fourth-order valence-electron chi connectivity index (χ4n) is 2.13. The van der Waals surface area contributed by atoms with E-state index in [2.05, 4.69) is 11.2 Å². The van der Waals surface area contributed by atoms with Gasteiger partial charge in [-0.15, -0.1) is 6.42 Å². The Hall–Kier alpha value is -1.90. The summed E-state index contributed by atoms with van der Waals surface area (Å²) in [6.07, 6.45) is 4.96. The van der Waals surface area contributed by atoms with Gasteiger partial charge in [0.25, 0.3) is 0 Å². The average Bonchev–Trinajstić information content (AvgIpc) is 2.46. The number of amides is 1. The molecule has 0 radical (unpaired) electrons. The Morgan fingerprint density at radius 3 is 2.95 bits per heavy atom. The van der Waals surface area contributed by atoms with Crippen LogP contribution in [0.2, 0.25) is 0 Å². The maximum atomic E-state index is 12.9. The quantitative estimate of drug-likeness (QED) is 0.833. The second-order valence-electron chi connectivity index (χ2n) is 4.63. The standard InChI is InChI=1S/C15H17FN2O2/c1-2-7-17-15(19)11-18-8-9-20-14(10-18)12-3-5-13(16)6-4-12/h1,3-6,14H,7-11H2,(H,17,19). The van der Waals surface area contributed by atoms with Crippen molar-refractivity contribution in [1.82, 2.24) is 10.2 Å². The topological polar surface area (TPSA) is 41.6 Å². The zero-order valence-corrected chi connectivity index (χ0v) is 11.1. The molecule has 0 saturated carbocycles. The van der Waals surface area contributed by atoms with E-state index < -0.39 is 0 Å². The predicted molar refractivity (Wildman–Crippen MR) is 73.4 cm³/mol. The summed E-state index contributed by atoms with van der Waals surface area (Å²) in [4.78, 5) is 13.6. The van der Waals surface area contributed by atoms with Gasteiger partial charge >= 0.3 is 0 Å². The molecule has 1 amide bonds. The molecule has 1 saturated heterocycles. The summed E-state index contributed by atoms with van der Waals surface area (Å²) in [6, 6.07) is 6.25. The summed E-state index contributed by atoms with van der Waals surface area (Å²) in [5, 5.41) is 2.63. The predicted octanol–water partition coefficient (Wildman–Crippen LogP) is 0.948. The molecule has 1 N–H and O–H groups in total. The van der Waals surface area contributed by atoms with E-state index in [1.165, 1.54) is 12.1 Å². The van der Waals surface area contributed by atoms with Crippen LogP contribution < -0.4 is 5.32 Å². The maximum absolute atomic E-state index is 12.9. The van der Waals surface area contributed by atoms with E-state index in [1.54, 1.807) is 12.1 Å². The van der Waals surface area contributed by atoms with E-state index in [0.29, 0.717) is 26.2 Å². The molecule has 1 unspecified atom stereocenters. The van der Waals surface area contributed by atoms with Gasteiger partial charge < -0.3 is 10.1 Å². The second-order valence-corrected chi connectivity index (χ2v) is 4.63. The lowest BCUT2D eigenvalue weighted by Crippen LogP contribution is -2.44. The molecule has 4 nitrogen and oxygen atoms in total. The van der Waals surface area contributed by atoms with E-state index in [-0.39, 0.29) is 24.4 Å². The van der Waals surface area contributed by atoms with Crippen LogP contribution in [0.4, 0.5) is 4.39 Å². The Morgan fingerprint density at radius 1 is 1.50 bits per heavy atom. The summed E-state index contributed by atoms with van der Waals surface area (Å²) < 4.78 is 18.6. The van der Waals surface area contributed by atoms with Crippen LogP contribution in [-0.2, 0) is 9.53 Å². The van der Waals surface area contributed by atoms with Gasteiger partial charge in [-0.3, -0.25) is 9.69 Å². The fourth-order valence-corrected chi connectivity index (χ4v) is 2.13. The lowest BCUT2D eigenvalue weighted by atomic mass is 10.1. The Labute approximate surface area is 117 Å². The van der Waals surface area contributed by atoms with Gasteiger partial charge in [-0.05, 0) is 17.7 Å². The fraction of sp³-hybridized carbons (Fsp3) is 0.400. The van der Waals surface area contributed by atoms with Gasteiger partial charge in [0.1, 0.15) is 5.82 Å². The number of hydrogen-bond donors (Lipinski definition) is 1. The largest absolute Gasteiger partial charge is 0.371 e. The summed E-state index contributed by atoms with van der Waals surface area (Å²) in [7, 11) is 0. The number of carbonyl (C=O) groups is 1. The number of carbonyl (C=O) groups excluding carboxylic acids is 1. The van der Waals surface area contributed by atoms with Crippen molar-refractivity contribution in [2.24, 2.45) is 0 Å². The molecule has 5 heteroatoms. The molecule has 1 aliphatic rings. The molecule has 0 spiro atoms. The van der Waals surface area contributed by atoms with E-state index in [4.69, 9.17) is 11.2 Å². The van der Waals surface area contributed by atoms with E-state index in [0.717, 1.165) is 5.56 Å². The van der Waals surface area contributed by atoms with Gasteiger partial charge in [0.05, 0.1) is 25.8 Å². The summed E-state index contributed by atoms with van der Waals surface area (Å²) >= 11 is 0. The highest BCUT2D eigenvalue weighted by molar-refractivity contribution is 5.78. The molecule has 1 atom stereocenters. The van der Waals surface area contributed by atoms with Gasteiger partial charge in [0, 0.05) is 13.1 Å². The molecule has 1 heterocycles. The third-order valence-electron chi connectivity index (χ3n) is 3.15. The number of terminal acetylenes is 1. The van der Waals surface area contributed by atoms with Crippen molar-refractivity contribution >= 4 is 5.91 Å². The number of nitrogens with zero attached hydrogens (tertiary/aromatic N) is 1. The highest BCUT2D eigenvalue weighted by atomic mass is 19.1. The summed E-state index contributed by atoms with van der Waals surface area (Å²) in [5.41, 5.74) is 0.917. The van der Waals surface area contributed by atoms with Gasteiger partial charge in [0.2, 0.25) is 5.91 Å². The summed E-state index contributed by atoms with van der Waals surface area (Å²) in [5.74, 6) is 2.00. The van der Waals surface area contributed by atoms with Crippen molar-refractivity contribution in [2.45, 2.75) is 6.10 Å². The van der Waals surface area contributed by atoms with Crippen LogP contribution >= 0.6 is 0 Å². The van der Waals surface area contributed by atoms with Crippen LogP contribution in [0.5, 0.6) is 0 Å². The lowest BCUT2D eigenvalue weighted by molar-refractivity contribution is -0.124. The zero-order valence-electron chi connectivity index (χ0n) is 11.1. The first kappa shape index (κ1) is 14.5. The molecule has 0 bridgehead atoms. The van der Waals surface area contributed by atoms with Crippen LogP contribution in [0.25, 0.3) is 0 Å². The van der Waals surface area contributed by atoms with Crippen molar-refractivity contribution in [1.29, 1.82) is 0 Å². The van der Waals surface area contributed by atoms with Gasteiger partial charge in [0.15, 0.2) is 0 Å². The first-order valence-electron chi connectivity index (χ1n) is 6.48. The molecular formula is C15H17FN2O2. The maximum Gasteiger partial charge on any atom is 0.234 e. The summed E-state index contributed by atoms with van der Waals surface area (Å²) in [6.45, 7) is 2.38. The van der Waals surface area contributed by atoms with E-state index in [9.17, 15) is 9.18 Å². The minimum atomic E-state index is -0.268. The van der Waals surface area contributed by atoms with Crippen LogP contribution in [0.3, 0.4) is 0 Å². The normalized spacial score (nSPS) is 19.3. The smallest absolute Gasteiger partial charge is 0.234 e. The monoisotopic (exact) mass is 276 g/mol. The molecule has 1 aliphatic heterocycles. The highest BCUT2D eigenvalue weighted by Crippen LogP contribution is 2.22. The Bertz CT molecular complexity index is 496. The SMILES string of the molecule is C#CCNC(=O)CN1CCOC(c2ccc(F)cc2)C1. The molecular weight excluding hydrogens is 259 g/mol. The van der Waals surface area contributed by atoms with Crippen molar-refractivity contribution in [2.75, 3.05) is 32.8 Å². The second kappa shape index (κ2) is 7.04. The van der Waals surface area contributed by atoms with Crippen LogP contribution in [-0.4, -0.2) is 43.6 Å². The number of nitrogens with one attached hydrogen (secondary N) is 1. The molecule has 2 rings (SSSR count). The van der Waals surface area contributed by atoms with Crippen LogP contribution in [0.15, 0.2) is 24.3 Å². The third kappa shape index (κ3) is 4.05. The molecule has 20 heavy (non-hydrogen) atoms. The van der Waals surface area contributed by atoms with Gasteiger partial charge in [-0.1, -0.05) is 18.1 Å². The van der Waals surface area contributed by atoms with Crippen LogP contribution in [0.1, 0.15) is 11.7 Å². The molecule has 1 aromatic rings. The number of rotatable bonds is 4. The molecule has 0 aliphatic carbocycles. The van der Waals surface area contributed by atoms with E-state index in [1.807, 2.05) is 4.90 Å². The van der Waals surface area contributed by atoms with Gasteiger partial charge in [-0.2, -0.15) is 0 Å². The van der Waals surface area contributed by atoms with Crippen molar-refractivity contribution in [3.05, 3.63) is 35.6 Å². The number of ether oxygens (including phenoxy) is 1. The molecule has 1 aromatic carbocycles. The zero-order chi connectivity index (χ0) is 14.4. The van der Waals surface area contributed by atoms with Crippen molar-refractivity contribution in [3.63, 3.8) is 0 Å². The first-order valence-corrected chi connectivity index (χ1v) is 6.48. The Balaban J connectivity index is 1.90. The van der Waals surface area contributed by atoms with Crippen LogP contribution in [0, 0.1) is 18.2 Å². The molecule has 0 aromatic heterocycles. The molecule has 106 valence electrons.